The van der Waals surface area contributed by atoms with Crippen LogP contribution in [0.5, 0.6) is 0 Å². The lowest BCUT2D eigenvalue weighted by Gasteiger charge is -2.37. The fraction of sp³-hybridized carbons (Fsp3) is 0.650. The molecule has 2 aliphatic heterocycles. The van der Waals surface area contributed by atoms with Gasteiger partial charge in [-0.1, -0.05) is 49.0 Å². The van der Waals surface area contributed by atoms with Crippen LogP contribution < -0.4 is 9.62 Å². The molecule has 2 saturated heterocycles. The molecule has 0 radical (unpaired) electrons. The second-order valence-corrected chi connectivity index (χ2v) is 11.3. The number of anilines is 1. The van der Waals surface area contributed by atoms with E-state index in [0.29, 0.717) is 12.0 Å². The van der Waals surface area contributed by atoms with Gasteiger partial charge in [0.05, 0.1) is 12.3 Å². The largest absolute Gasteiger partial charge is 0.392 e. The first kappa shape index (κ1) is 22.4. The maximum Gasteiger partial charge on any atom is 0.252 e. The van der Waals surface area contributed by atoms with Gasteiger partial charge in [-0.3, -0.25) is 4.90 Å². The number of aromatic nitrogens is 1. The molecule has 2 N–H and O–H groups in total. The molecule has 1 aromatic heterocycles. The average Bonchev–Trinajstić information content (AvgIpc) is 3.29. The van der Waals surface area contributed by atoms with E-state index in [0.717, 1.165) is 49.7 Å². The zero-order chi connectivity index (χ0) is 21.0. The minimum Gasteiger partial charge on any atom is -0.392 e. The Morgan fingerprint density at radius 3 is 2.97 bits per heavy atom. The number of nitrogens with zero attached hydrogens (tertiary/aromatic N) is 3. The summed E-state index contributed by atoms with van der Waals surface area (Å²) >= 11 is 1.21. The van der Waals surface area contributed by atoms with E-state index in [4.69, 9.17) is 0 Å². The van der Waals surface area contributed by atoms with Crippen LogP contribution in [0.4, 0.5) is 5.13 Å². The van der Waals surface area contributed by atoms with E-state index in [1.807, 2.05) is 19.1 Å². The number of thiazole rings is 1. The van der Waals surface area contributed by atoms with E-state index in [1.165, 1.54) is 17.5 Å². The summed E-state index contributed by atoms with van der Waals surface area (Å²) in [5, 5.41) is 10.6. The molecule has 9 heteroatoms. The fourth-order valence-electron chi connectivity index (χ4n) is 3.63. The third kappa shape index (κ3) is 6.11. The Hall–Kier alpha value is -1.26. The normalized spacial score (nSPS) is 24.0. The highest BCUT2D eigenvalue weighted by Crippen LogP contribution is 2.30. The molecule has 0 unspecified atom stereocenters. The van der Waals surface area contributed by atoms with Crippen LogP contribution in [0.1, 0.15) is 33.6 Å². The van der Waals surface area contributed by atoms with Gasteiger partial charge >= 0.3 is 0 Å². The molecule has 0 saturated carbocycles. The lowest BCUT2D eigenvalue weighted by atomic mass is 10.1. The quantitative estimate of drug-likeness (QED) is 0.603. The molecule has 7 nitrogen and oxygen atoms in total. The first-order valence-corrected chi connectivity index (χ1v) is 12.5. The molecule has 2 atom stereocenters. The van der Waals surface area contributed by atoms with Gasteiger partial charge in [0.15, 0.2) is 9.34 Å². The van der Waals surface area contributed by atoms with E-state index < -0.39 is 10.0 Å². The van der Waals surface area contributed by atoms with Crippen LogP contribution in [0.2, 0.25) is 0 Å². The van der Waals surface area contributed by atoms with E-state index in [1.54, 1.807) is 0 Å². The summed E-state index contributed by atoms with van der Waals surface area (Å²) in [5.74, 6) is 0.612. The highest BCUT2D eigenvalue weighted by molar-refractivity contribution is 7.91. The van der Waals surface area contributed by atoms with Crippen LogP contribution in [0.3, 0.4) is 0 Å². The monoisotopic (exact) mass is 440 g/mol. The van der Waals surface area contributed by atoms with E-state index >= 15 is 0 Å². The zero-order valence-electron chi connectivity index (χ0n) is 17.4. The van der Waals surface area contributed by atoms with Gasteiger partial charge in [0.2, 0.25) is 0 Å². The highest BCUT2D eigenvalue weighted by Gasteiger charge is 2.36. The third-order valence-corrected chi connectivity index (χ3v) is 8.19. The van der Waals surface area contributed by atoms with Gasteiger partial charge < -0.3 is 10.0 Å². The molecule has 162 valence electrons. The van der Waals surface area contributed by atoms with Crippen molar-refractivity contribution >= 4 is 26.5 Å². The van der Waals surface area contributed by atoms with Gasteiger partial charge in [-0.15, -0.1) is 0 Å². The van der Waals surface area contributed by atoms with Gasteiger partial charge in [-0.25, -0.2) is 18.1 Å². The molecule has 3 rings (SSSR count). The van der Waals surface area contributed by atoms with Crippen molar-refractivity contribution in [1.82, 2.24) is 14.6 Å². The molecule has 1 aromatic rings. The molecule has 0 aliphatic carbocycles. The van der Waals surface area contributed by atoms with Crippen molar-refractivity contribution in [2.75, 3.05) is 37.6 Å². The maximum atomic E-state index is 12.6. The van der Waals surface area contributed by atoms with Crippen molar-refractivity contribution in [3.63, 3.8) is 0 Å². The summed E-state index contributed by atoms with van der Waals surface area (Å²) in [5.41, 5.74) is 0.953. The summed E-state index contributed by atoms with van der Waals surface area (Å²) in [6.45, 7) is 9.70. The Balaban J connectivity index is 1.56. The summed E-state index contributed by atoms with van der Waals surface area (Å²) in [6.07, 6.45) is 8.99. The number of hydrogen-bond acceptors (Lipinski definition) is 7. The number of aliphatic hydroxyl groups is 1. The van der Waals surface area contributed by atoms with Crippen molar-refractivity contribution in [2.24, 2.45) is 5.92 Å². The van der Waals surface area contributed by atoms with Crippen molar-refractivity contribution in [1.29, 1.82) is 0 Å². The average molecular weight is 441 g/mol. The van der Waals surface area contributed by atoms with Crippen LogP contribution in [-0.4, -0.2) is 68.3 Å². The molecule has 0 amide bonds. The predicted molar refractivity (Wildman–Crippen MR) is 118 cm³/mol. The topological polar surface area (TPSA) is 85.8 Å². The van der Waals surface area contributed by atoms with Crippen molar-refractivity contribution < 1.29 is 13.5 Å². The zero-order valence-corrected chi connectivity index (χ0v) is 19.0. The minimum atomic E-state index is -3.58. The number of rotatable bonds is 8. The van der Waals surface area contributed by atoms with Gasteiger partial charge in [-0.2, -0.15) is 0 Å². The number of allylic oxidation sites excluding steroid dienone is 3. The lowest BCUT2D eigenvalue weighted by molar-refractivity contribution is 0.173. The van der Waals surface area contributed by atoms with E-state index in [-0.39, 0.29) is 16.9 Å². The number of fused-ring (bicyclic) bond motifs is 1. The molecule has 2 aliphatic rings. The second kappa shape index (κ2) is 9.70. The first-order chi connectivity index (χ1) is 13.7. The maximum absolute atomic E-state index is 12.6. The third-order valence-electron chi connectivity index (χ3n) is 5.27. The SMILES string of the molecule is C/C(=C\C=C/CC(C)C)CNS(=O)(=O)c1cnc(N2CCN3C[C@H](O)C[C@H]3C2)s1. The van der Waals surface area contributed by atoms with Gasteiger partial charge in [0.1, 0.15) is 0 Å². The number of hydrogen-bond donors (Lipinski definition) is 2. The minimum absolute atomic E-state index is 0.240. The summed E-state index contributed by atoms with van der Waals surface area (Å²) in [6, 6.07) is 0.317. The molecule has 29 heavy (non-hydrogen) atoms. The number of aliphatic hydroxyl groups excluding tert-OH is 1. The number of piperazine rings is 1. The van der Waals surface area contributed by atoms with E-state index in [2.05, 4.69) is 39.4 Å². The lowest BCUT2D eigenvalue weighted by Crippen LogP contribution is -2.50. The van der Waals surface area contributed by atoms with Crippen molar-refractivity contribution in [2.45, 2.75) is 50.0 Å². The van der Waals surface area contributed by atoms with Crippen LogP contribution in [-0.2, 0) is 10.0 Å². The van der Waals surface area contributed by atoms with Crippen LogP contribution in [0.15, 0.2) is 34.2 Å². The van der Waals surface area contributed by atoms with E-state index in [9.17, 15) is 13.5 Å². The van der Waals surface area contributed by atoms with Gasteiger partial charge in [-0.05, 0) is 25.7 Å². The van der Waals surface area contributed by atoms with Gasteiger partial charge in [0.25, 0.3) is 10.0 Å². The molecule has 0 bridgehead atoms. The van der Waals surface area contributed by atoms with Crippen LogP contribution in [0.25, 0.3) is 0 Å². The van der Waals surface area contributed by atoms with Gasteiger partial charge in [0, 0.05) is 38.8 Å². The van der Waals surface area contributed by atoms with Crippen LogP contribution >= 0.6 is 11.3 Å². The molecule has 3 heterocycles. The molecule has 0 spiro atoms. The Labute approximate surface area is 178 Å². The molecule has 2 fully saturated rings. The molecular formula is C20H32N4O3S2. The Morgan fingerprint density at radius 2 is 2.21 bits per heavy atom. The Kier molecular flexibility index (Phi) is 7.50. The smallest absolute Gasteiger partial charge is 0.252 e. The summed E-state index contributed by atoms with van der Waals surface area (Å²) in [4.78, 5) is 8.80. The Morgan fingerprint density at radius 1 is 1.41 bits per heavy atom. The Bertz CT molecular complexity index is 848. The van der Waals surface area contributed by atoms with Crippen molar-refractivity contribution in [3.8, 4) is 0 Å². The number of nitrogens with one attached hydrogen (secondary N) is 1. The van der Waals surface area contributed by atoms with Crippen LogP contribution in [0, 0.1) is 5.92 Å². The molecule has 0 aromatic carbocycles. The first-order valence-electron chi connectivity index (χ1n) is 10.2. The highest BCUT2D eigenvalue weighted by atomic mass is 32.2. The molecular weight excluding hydrogens is 408 g/mol. The van der Waals surface area contributed by atoms with Crippen molar-refractivity contribution in [3.05, 3.63) is 30.0 Å². The second-order valence-electron chi connectivity index (χ2n) is 8.34. The standard InChI is InChI=1S/C20H32N4O3S2/c1-15(2)6-4-5-7-16(3)11-22-29(26,27)19-12-21-20(28-19)24-9-8-23-14-18(25)10-17(23)13-24/h4-5,7,12,15,17-18,22,25H,6,8-11,13-14H2,1-3H3/b5-4-,16-7+/t17-,18+/m0/s1. The predicted octanol–water partition coefficient (Wildman–Crippen LogP) is 2.23. The number of sulfonamides is 1. The fourth-order valence-corrected chi connectivity index (χ4v) is 5.91. The summed E-state index contributed by atoms with van der Waals surface area (Å²) < 4.78 is 28.2. The summed E-state index contributed by atoms with van der Waals surface area (Å²) in [7, 11) is -3.58.